The van der Waals surface area contributed by atoms with Crippen molar-refractivity contribution < 1.29 is 14.3 Å². The Kier molecular flexibility index (Phi) is 7.05. The van der Waals surface area contributed by atoms with Gasteiger partial charge in [-0.15, -0.1) is 0 Å². The highest BCUT2D eigenvalue weighted by Gasteiger charge is 2.27. The van der Waals surface area contributed by atoms with Crippen LogP contribution in [0.15, 0.2) is 0 Å². The molecule has 0 spiro atoms. The average molecular weight is 272 g/mol. The molecule has 0 aromatic heterocycles. The van der Waals surface area contributed by atoms with E-state index in [1.807, 2.05) is 34.6 Å². The summed E-state index contributed by atoms with van der Waals surface area (Å²) >= 11 is 0. The number of carbonyl (C=O) groups excluding carboxylic acids is 2. The van der Waals surface area contributed by atoms with Gasteiger partial charge in [-0.2, -0.15) is 0 Å². The molecular weight excluding hydrogens is 244 g/mol. The van der Waals surface area contributed by atoms with Crippen molar-refractivity contribution in [3.63, 3.8) is 0 Å². The molecule has 3 N–H and O–H groups in total. The van der Waals surface area contributed by atoms with E-state index in [1.54, 1.807) is 0 Å². The molecule has 0 fully saturated rings. The van der Waals surface area contributed by atoms with Gasteiger partial charge in [-0.25, -0.2) is 4.79 Å². The zero-order valence-electron chi connectivity index (χ0n) is 12.9. The van der Waals surface area contributed by atoms with Gasteiger partial charge in [-0.05, 0) is 17.8 Å². The van der Waals surface area contributed by atoms with Gasteiger partial charge >= 0.3 is 5.97 Å². The molecule has 0 saturated carbocycles. The number of ether oxygens (including phenoxy) is 1. The minimum Gasteiger partial charge on any atom is -0.467 e. The van der Waals surface area contributed by atoms with Crippen molar-refractivity contribution in [2.75, 3.05) is 7.11 Å². The van der Waals surface area contributed by atoms with Crippen LogP contribution in [0.3, 0.4) is 0 Å². The summed E-state index contributed by atoms with van der Waals surface area (Å²) in [5.41, 5.74) is 5.82. The molecule has 0 aliphatic rings. The molecule has 0 heterocycles. The van der Waals surface area contributed by atoms with Crippen LogP contribution in [-0.4, -0.2) is 31.1 Å². The molecule has 0 aromatic carbocycles. The molecule has 5 heteroatoms. The Morgan fingerprint density at radius 1 is 1.26 bits per heavy atom. The average Bonchev–Trinajstić information content (AvgIpc) is 2.24. The Bertz CT molecular complexity index is 308. The molecule has 19 heavy (non-hydrogen) atoms. The van der Waals surface area contributed by atoms with Crippen LogP contribution < -0.4 is 11.1 Å². The highest BCUT2D eigenvalue weighted by molar-refractivity contribution is 5.84. The zero-order valence-corrected chi connectivity index (χ0v) is 12.9. The second-order valence-corrected chi connectivity index (χ2v) is 6.45. The Morgan fingerprint density at radius 2 is 1.79 bits per heavy atom. The third-order valence-corrected chi connectivity index (χ3v) is 3.05. The normalized spacial score (nSPS) is 14.9. The number of hydrogen-bond acceptors (Lipinski definition) is 4. The largest absolute Gasteiger partial charge is 0.467 e. The number of hydrogen-bond donors (Lipinski definition) is 2. The first kappa shape index (κ1) is 17.9. The molecule has 1 amide bonds. The van der Waals surface area contributed by atoms with E-state index in [0.29, 0.717) is 12.3 Å². The van der Waals surface area contributed by atoms with Crippen LogP contribution >= 0.6 is 0 Å². The summed E-state index contributed by atoms with van der Waals surface area (Å²) in [6.07, 6.45) is 0.762. The molecule has 2 unspecified atom stereocenters. The van der Waals surface area contributed by atoms with E-state index in [9.17, 15) is 9.59 Å². The Balaban J connectivity index is 4.51. The van der Waals surface area contributed by atoms with Crippen LogP contribution in [-0.2, 0) is 14.3 Å². The van der Waals surface area contributed by atoms with Crippen molar-refractivity contribution in [2.45, 2.75) is 59.5 Å². The van der Waals surface area contributed by atoms with Crippen LogP contribution in [0, 0.1) is 11.3 Å². The minimum absolute atomic E-state index is 0.143. The SMILES string of the molecule is COC(=O)C(CC(C)C)NC(=O)CC(N)C(C)(C)C. The molecule has 0 aromatic rings. The van der Waals surface area contributed by atoms with Crippen molar-refractivity contribution >= 4 is 11.9 Å². The number of rotatable bonds is 6. The lowest BCUT2D eigenvalue weighted by molar-refractivity contribution is -0.145. The summed E-state index contributed by atoms with van der Waals surface area (Å²) in [4.78, 5) is 23.5. The van der Waals surface area contributed by atoms with Crippen LogP contribution in [0.25, 0.3) is 0 Å². The molecule has 0 bridgehead atoms. The van der Waals surface area contributed by atoms with Crippen molar-refractivity contribution in [1.29, 1.82) is 0 Å². The van der Waals surface area contributed by atoms with Gasteiger partial charge in [0.1, 0.15) is 6.04 Å². The van der Waals surface area contributed by atoms with Gasteiger partial charge in [0.15, 0.2) is 0 Å². The summed E-state index contributed by atoms with van der Waals surface area (Å²) < 4.78 is 4.70. The maximum Gasteiger partial charge on any atom is 0.328 e. The summed E-state index contributed by atoms with van der Waals surface area (Å²) in [7, 11) is 1.32. The number of nitrogens with two attached hydrogens (primary N) is 1. The van der Waals surface area contributed by atoms with E-state index in [4.69, 9.17) is 10.5 Å². The summed E-state index contributed by atoms with van der Waals surface area (Å²) in [5, 5.41) is 2.71. The molecule has 0 aliphatic carbocycles. The van der Waals surface area contributed by atoms with Gasteiger partial charge < -0.3 is 15.8 Å². The number of carbonyl (C=O) groups is 2. The standard InChI is InChI=1S/C14H28N2O3/c1-9(2)7-10(13(18)19-6)16-12(17)8-11(15)14(3,4)5/h9-11H,7-8,15H2,1-6H3,(H,16,17). The van der Waals surface area contributed by atoms with E-state index < -0.39 is 12.0 Å². The van der Waals surface area contributed by atoms with E-state index in [1.165, 1.54) is 7.11 Å². The molecule has 0 rings (SSSR count). The topological polar surface area (TPSA) is 81.4 Å². The fourth-order valence-electron chi connectivity index (χ4n) is 1.59. The maximum absolute atomic E-state index is 11.9. The van der Waals surface area contributed by atoms with Gasteiger partial charge in [0, 0.05) is 12.5 Å². The van der Waals surface area contributed by atoms with Gasteiger partial charge in [-0.3, -0.25) is 4.79 Å². The third kappa shape index (κ3) is 7.15. The van der Waals surface area contributed by atoms with Crippen molar-refractivity contribution in [3.8, 4) is 0 Å². The predicted molar refractivity (Wildman–Crippen MR) is 75.4 cm³/mol. The van der Waals surface area contributed by atoms with E-state index in [0.717, 1.165) is 0 Å². The quantitative estimate of drug-likeness (QED) is 0.717. The van der Waals surface area contributed by atoms with Crippen molar-refractivity contribution in [1.82, 2.24) is 5.32 Å². The molecule has 2 atom stereocenters. The Morgan fingerprint density at radius 3 is 2.16 bits per heavy atom. The number of amides is 1. The van der Waals surface area contributed by atoms with Crippen molar-refractivity contribution in [3.05, 3.63) is 0 Å². The van der Waals surface area contributed by atoms with Crippen LogP contribution in [0.1, 0.15) is 47.5 Å². The maximum atomic E-state index is 11.9. The van der Waals surface area contributed by atoms with Crippen molar-refractivity contribution in [2.24, 2.45) is 17.1 Å². The lowest BCUT2D eigenvalue weighted by Crippen LogP contribution is -2.46. The molecule has 112 valence electrons. The molecular formula is C14H28N2O3. The lowest BCUT2D eigenvalue weighted by atomic mass is 9.85. The van der Waals surface area contributed by atoms with E-state index >= 15 is 0 Å². The van der Waals surface area contributed by atoms with Crippen LogP contribution in [0.5, 0.6) is 0 Å². The Hall–Kier alpha value is -1.10. The summed E-state index contributed by atoms with van der Waals surface area (Å²) in [6, 6.07) is -0.838. The monoisotopic (exact) mass is 272 g/mol. The first-order chi connectivity index (χ1) is 8.57. The van der Waals surface area contributed by atoms with Gasteiger partial charge in [-0.1, -0.05) is 34.6 Å². The van der Waals surface area contributed by atoms with E-state index in [2.05, 4.69) is 5.32 Å². The summed E-state index contributed by atoms with van der Waals surface area (Å²) in [6.45, 7) is 9.93. The first-order valence-electron chi connectivity index (χ1n) is 6.70. The molecule has 0 aliphatic heterocycles. The Labute approximate surface area is 116 Å². The van der Waals surface area contributed by atoms with Crippen LogP contribution in [0.4, 0.5) is 0 Å². The second-order valence-electron chi connectivity index (χ2n) is 6.45. The molecule has 0 saturated heterocycles. The smallest absolute Gasteiger partial charge is 0.328 e. The van der Waals surface area contributed by atoms with Crippen LogP contribution in [0.2, 0.25) is 0 Å². The fourth-order valence-corrected chi connectivity index (χ4v) is 1.59. The number of nitrogens with one attached hydrogen (secondary N) is 1. The number of esters is 1. The van der Waals surface area contributed by atoms with E-state index in [-0.39, 0.29) is 23.8 Å². The van der Waals surface area contributed by atoms with Gasteiger partial charge in [0.2, 0.25) is 5.91 Å². The van der Waals surface area contributed by atoms with Gasteiger partial charge in [0.05, 0.1) is 7.11 Å². The highest BCUT2D eigenvalue weighted by Crippen LogP contribution is 2.19. The molecule has 5 nitrogen and oxygen atoms in total. The lowest BCUT2D eigenvalue weighted by Gasteiger charge is -2.27. The zero-order chi connectivity index (χ0) is 15.2. The fraction of sp³-hybridized carbons (Fsp3) is 0.857. The summed E-state index contributed by atoms with van der Waals surface area (Å²) in [5.74, 6) is -0.328. The highest BCUT2D eigenvalue weighted by atomic mass is 16.5. The predicted octanol–water partition coefficient (Wildman–Crippen LogP) is 1.45. The number of methoxy groups -OCH3 is 1. The second kappa shape index (κ2) is 7.48. The first-order valence-corrected chi connectivity index (χ1v) is 6.70. The molecule has 0 radical (unpaired) electrons. The minimum atomic E-state index is -0.593. The van der Waals surface area contributed by atoms with Gasteiger partial charge in [0.25, 0.3) is 0 Å². The third-order valence-electron chi connectivity index (χ3n) is 3.05.